The molecule has 0 aliphatic heterocycles. The van der Waals surface area contributed by atoms with Crippen molar-refractivity contribution in [3.63, 3.8) is 0 Å². The SMILES string of the molecule is CCCCNC(=O)N(CCOC)CC(=O)N(Cc1cccn1C)C1CC1. The maximum Gasteiger partial charge on any atom is 0.317 e. The molecule has 1 saturated carbocycles. The van der Waals surface area contributed by atoms with E-state index >= 15 is 0 Å². The van der Waals surface area contributed by atoms with Crippen LogP contribution in [0.2, 0.25) is 0 Å². The first-order valence-electron chi connectivity index (χ1n) is 9.48. The summed E-state index contributed by atoms with van der Waals surface area (Å²) in [6.45, 7) is 4.20. The number of nitrogens with zero attached hydrogens (tertiary/aromatic N) is 3. The van der Waals surface area contributed by atoms with Crippen LogP contribution in [-0.4, -0.2) is 65.7 Å². The second kappa shape index (κ2) is 10.2. The largest absolute Gasteiger partial charge is 0.383 e. The van der Waals surface area contributed by atoms with Crippen molar-refractivity contribution in [1.82, 2.24) is 19.7 Å². The van der Waals surface area contributed by atoms with Gasteiger partial charge in [0, 0.05) is 45.2 Å². The quantitative estimate of drug-likeness (QED) is 0.611. The zero-order valence-electron chi connectivity index (χ0n) is 16.2. The molecule has 1 aromatic heterocycles. The van der Waals surface area contributed by atoms with Crippen LogP contribution < -0.4 is 5.32 Å². The molecule has 7 nitrogen and oxygen atoms in total. The normalized spacial score (nSPS) is 13.5. The summed E-state index contributed by atoms with van der Waals surface area (Å²) in [6, 6.07) is 4.11. The number of nitrogens with one attached hydrogen (secondary N) is 1. The van der Waals surface area contributed by atoms with Crippen molar-refractivity contribution in [3.8, 4) is 0 Å². The molecule has 0 saturated heterocycles. The van der Waals surface area contributed by atoms with E-state index in [1.165, 1.54) is 0 Å². The fourth-order valence-corrected chi connectivity index (χ4v) is 2.83. The zero-order chi connectivity index (χ0) is 18.9. The molecule has 26 heavy (non-hydrogen) atoms. The van der Waals surface area contributed by atoms with Gasteiger partial charge in [-0.1, -0.05) is 13.3 Å². The van der Waals surface area contributed by atoms with Crippen molar-refractivity contribution in [2.24, 2.45) is 7.05 Å². The number of carbonyl (C=O) groups excluding carboxylic acids is 2. The number of unbranched alkanes of at least 4 members (excludes halogenated alkanes) is 1. The first-order valence-corrected chi connectivity index (χ1v) is 9.48. The van der Waals surface area contributed by atoms with Crippen LogP contribution in [0, 0.1) is 0 Å². The van der Waals surface area contributed by atoms with Crippen LogP contribution in [0.1, 0.15) is 38.3 Å². The Labute approximate surface area is 156 Å². The summed E-state index contributed by atoms with van der Waals surface area (Å²) < 4.78 is 7.13. The lowest BCUT2D eigenvalue weighted by molar-refractivity contribution is -0.133. The topological polar surface area (TPSA) is 66.8 Å². The highest BCUT2D eigenvalue weighted by Crippen LogP contribution is 2.28. The highest BCUT2D eigenvalue weighted by Gasteiger charge is 2.34. The lowest BCUT2D eigenvalue weighted by Gasteiger charge is -2.28. The fraction of sp³-hybridized carbons (Fsp3) is 0.684. The molecule has 0 unspecified atom stereocenters. The van der Waals surface area contributed by atoms with Gasteiger partial charge in [0.05, 0.1) is 13.2 Å². The second-order valence-corrected chi connectivity index (χ2v) is 6.86. The van der Waals surface area contributed by atoms with Crippen molar-refractivity contribution in [2.45, 2.75) is 45.2 Å². The van der Waals surface area contributed by atoms with Crippen molar-refractivity contribution < 1.29 is 14.3 Å². The first kappa shape index (κ1) is 20.3. The maximum atomic E-state index is 12.9. The van der Waals surface area contributed by atoms with Gasteiger partial charge < -0.3 is 24.4 Å². The van der Waals surface area contributed by atoms with E-state index in [4.69, 9.17) is 4.74 Å². The minimum Gasteiger partial charge on any atom is -0.383 e. The third-order valence-electron chi connectivity index (χ3n) is 4.68. The number of hydrogen-bond donors (Lipinski definition) is 1. The molecule has 7 heteroatoms. The van der Waals surface area contributed by atoms with Crippen LogP contribution in [-0.2, 0) is 23.1 Å². The van der Waals surface area contributed by atoms with E-state index in [2.05, 4.69) is 12.2 Å². The van der Waals surface area contributed by atoms with Gasteiger partial charge in [-0.2, -0.15) is 0 Å². The Balaban J connectivity index is 1.98. The molecule has 1 N–H and O–H groups in total. The monoisotopic (exact) mass is 364 g/mol. The molecule has 3 amide bonds. The predicted molar refractivity (Wildman–Crippen MR) is 101 cm³/mol. The summed E-state index contributed by atoms with van der Waals surface area (Å²) in [6.07, 6.45) is 6.01. The van der Waals surface area contributed by atoms with E-state index in [-0.39, 0.29) is 18.5 Å². The Morgan fingerprint density at radius 1 is 1.38 bits per heavy atom. The number of rotatable bonds is 11. The van der Waals surface area contributed by atoms with Crippen LogP contribution in [0.4, 0.5) is 4.79 Å². The second-order valence-electron chi connectivity index (χ2n) is 6.86. The van der Waals surface area contributed by atoms with Crippen LogP contribution in [0.25, 0.3) is 0 Å². The number of aromatic nitrogens is 1. The number of ether oxygens (including phenoxy) is 1. The van der Waals surface area contributed by atoms with Gasteiger partial charge in [-0.3, -0.25) is 4.79 Å². The molecule has 1 heterocycles. The minimum absolute atomic E-state index is 0.00422. The molecule has 2 rings (SSSR count). The van der Waals surface area contributed by atoms with E-state index in [1.54, 1.807) is 12.0 Å². The van der Waals surface area contributed by atoms with Crippen molar-refractivity contribution in [3.05, 3.63) is 24.0 Å². The number of carbonyl (C=O) groups is 2. The molecule has 146 valence electrons. The first-order chi connectivity index (χ1) is 12.6. The number of aryl methyl sites for hydroxylation is 1. The van der Waals surface area contributed by atoms with Gasteiger partial charge in [0.2, 0.25) is 5.91 Å². The Bertz CT molecular complexity index is 583. The molecular formula is C19H32N4O3. The number of hydrogen-bond acceptors (Lipinski definition) is 3. The molecule has 1 aromatic rings. The summed E-state index contributed by atoms with van der Waals surface area (Å²) in [7, 11) is 3.58. The van der Waals surface area contributed by atoms with Gasteiger partial charge in [0.15, 0.2) is 0 Å². The standard InChI is InChI=1S/C19H32N4O3/c1-4-5-10-20-19(25)22(12-13-26-3)15-18(24)23(16-8-9-16)14-17-7-6-11-21(17)2/h6-7,11,16H,4-5,8-10,12-15H2,1-3H3,(H,20,25). The average molecular weight is 364 g/mol. The van der Waals surface area contributed by atoms with E-state index in [0.717, 1.165) is 31.4 Å². The smallest absolute Gasteiger partial charge is 0.317 e. The summed E-state index contributed by atoms with van der Waals surface area (Å²) >= 11 is 0. The summed E-state index contributed by atoms with van der Waals surface area (Å²) in [4.78, 5) is 28.8. The molecule has 0 aromatic carbocycles. The molecule has 1 aliphatic carbocycles. The lowest BCUT2D eigenvalue weighted by atomic mass is 10.3. The Hall–Kier alpha value is -2.02. The van der Waals surface area contributed by atoms with Crippen molar-refractivity contribution in [2.75, 3.05) is 33.4 Å². The Morgan fingerprint density at radius 3 is 2.73 bits per heavy atom. The van der Waals surface area contributed by atoms with E-state index in [1.807, 2.05) is 34.8 Å². The highest BCUT2D eigenvalue weighted by molar-refractivity contribution is 5.84. The summed E-state index contributed by atoms with van der Waals surface area (Å²) in [5, 5.41) is 2.89. The molecular weight excluding hydrogens is 332 g/mol. The minimum atomic E-state index is -0.196. The molecule has 0 atom stereocenters. The van der Waals surface area contributed by atoms with Gasteiger partial charge in [-0.05, 0) is 31.4 Å². The van der Waals surface area contributed by atoms with Crippen molar-refractivity contribution >= 4 is 11.9 Å². The number of urea groups is 1. The van der Waals surface area contributed by atoms with E-state index in [9.17, 15) is 9.59 Å². The molecule has 0 radical (unpaired) electrons. The predicted octanol–water partition coefficient (Wildman–Crippen LogP) is 1.97. The highest BCUT2D eigenvalue weighted by atomic mass is 16.5. The number of amides is 3. The zero-order valence-corrected chi connectivity index (χ0v) is 16.2. The van der Waals surface area contributed by atoms with Gasteiger partial charge in [-0.25, -0.2) is 4.79 Å². The molecule has 0 spiro atoms. The van der Waals surface area contributed by atoms with E-state index < -0.39 is 0 Å². The van der Waals surface area contributed by atoms with E-state index in [0.29, 0.717) is 32.3 Å². The molecule has 0 bridgehead atoms. The van der Waals surface area contributed by atoms with Crippen LogP contribution in [0.3, 0.4) is 0 Å². The lowest BCUT2D eigenvalue weighted by Crippen LogP contribution is -2.48. The van der Waals surface area contributed by atoms with Crippen LogP contribution >= 0.6 is 0 Å². The third kappa shape index (κ3) is 6.05. The van der Waals surface area contributed by atoms with Gasteiger partial charge in [0.1, 0.15) is 6.54 Å². The van der Waals surface area contributed by atoms with Crippen molar-refractivity contribution in [1.29, 1.82) is 0 Å². The number of methoxy groups -OCH3 is 1. The fourth-order valence-electron chi connectivity index (χ4n) is 2.83. The Morgan fingerprint density at radius 2 is 2.15 bits per heavy atom. The maximum absolute atomic E-state index is 12.9. The van der Waals surface area contributed by atoms with Crippen LogP contribution in [0.5, 0.6) is 0 Å². The molecule has 1 aliphatic rings. The summed E-state index contributed by atoms with van der Waals surface area (Å²) in [5.74, 6) is -0.00422. The third-order valence-corrected chi connectivity index (χ3v) is 4.68. The average Bonchev–Trinajstić information content (AvgIpc) is 3.38. The molecule has 1 fully saturated rings. The Kier molecular flexibility index (Phi) is 7.97. The van der Waals surface area contributed by atoms with Gasteiger partial charge >= 0.3 is 6.03 Å². The van der Waals surface area contributed by atoms with Crippen LogP contribution in [0.15, 0.2) is 18.3 Å². The summed E-state index contributed by atoms with van der Waals surface area (Å²) in [5.41, 5.74) is 1.10. The van der Waals surface area contributed by atoms with Gasteiger partial charge in [-0.15, -0.1) is 0 Å². The van der Waals surface area contributed by atoms with Gasteiger partial charge in [0.25, 0.3) is 0 Å².